The number of ether oxygens (including phenoxy) is 1. The molecule has 1 amide bonds. The van der Waals surface area contributed by atoms with E-state index in [1.54, 1.807) is 6.08 Å². The standard InChI is InChI=1S/C83H163NO5/c1-3-5-7-9-11-13-15-17-18-19-20-42-45-48-52-55-59-63-67-71-75-81(86)80(79-85)84-82(87)76-72-68-64-60-56-53-49-46-43-40-38-36-34-32-30-28-26-24-22-21-23-25-27-29-31-33-35-37-39-41-44-47-50-54-58-62-66-70-74-78-89-83(88)77-73-69-65-61-57-51-16-14-12-10-8-6-4-2/h71,75,80-81,85-86H,3-70,72-74,76-79H2,1-2H3,(H,84,87)/b75-71+. The van der Waals surface area contributed by atoms with Gasteiger partial charge in [0, 0.05) is 12.8 Å². The van der Waals surface area contributed by atoms with Crippen molar-refractivity contribution in [2.75, 3.05) is 13.2 Å². The fraction of sp³-hybridized carbons (Fsp3) is 0.952. The first-order valence-corrected chi connectivity index (χ1v) is 41.5. The van der Waals surface area contributed by atoms with Crippen molar-refractivity contribution in [3.05, 3.63) is 12.2 Å². The van der Waals surface area contributed by atoms with Gasteiger partial charge in [0.25, 0.3) is 0 Å². The number of amides is 1. The Morgan fingerprint density at radius 1 is 0.303 bits per heavy atom. The third kappa shape index (κ3) is 75.5. The highest BCUT2D eigenvalue weighted by Gasteiger charge is 2.18. The largest absolute Gasteiger partial charge is 0.466 e. The Bertz CT molecular complexity index is 1350. The van der Waals surface area contributed by atoms with Gasteiger partial charge in [-0.2, -0.15) is 0 Å². The number of allylic oxidation sites excluding steroid dienone is 1. The molecular weight excluding hydrogens is 1090 g/mol. The minimum atomic E-state index is -0.840. The van der Waals surface area contributed by atoms with Gasteiger partial charge >= 0.3 is 5.97 Å². The predicted molar refractivity (Wildman–Crippen MR) is 394 cm³/mol. The Hall–Kier alpha value is -1.40. The number of unbranched alkanes of at least 4 members (excludes halogenated alkanes) is 68. The van der Waals surface area contributed by atoms with Crippen molar-refractivity contribution < 1.29 is 24.5 Å². The SMILES string of the molecule is CCCCCCCCCCCCCCCCCCCC/C=C/C(O)C(CO)NC(=O)CCCCCCCCCCCCCCCCCCCCCCCCCCCCCCCCCCCCCCCCCOC(=O)CCCCCCCCCCCCCCC. The average molecular weight is 1260 g/mol. The summed E-state index contributed by atoms with van der Waals surface area (Å²) in [5.41, 5.74) is 0. The summed E-state index contributed by atoms with van der Waals surface area (Å²) in [4.78, 5) is 24.6. The van der Waals surface area contributed by atoms with Crippen LogP contribution in [0.15, 0.2) is 12.2 Å². The molecule has 0 heterocycles. The summed E-state index contributed by atoms with van der Waals surface area (Å²) in [5.74, 6) is -0.0301. The molecule has 0 saturated carbocycles. The number of nitrogens with one attached hydrogen (secondary N) is 1. The molecule has 0 aromatic carbocycles. The molecule has 6 heteroatoms. The minimum absolute atomic E-state index is 0.0266. The van der Waals surface area contributed by atoms with E-state index in [2.05, 4.69) is 19.2 Å². The molecule has 0 fully saturated rings. The fourth-order valence-electron chi connectivity index (χ4n) is 13.5. The first kappa shape index (κ1) is 87.6. The molecular formula is C83H163NO5. The third-order valence-electron chi connectivity index (χ3n) is 19.8. The number of carbonyl (C=O) groups excluding carboxylic acids is 2. The molecule has 0 aliphatic rings. The van der Waals surface area contributed by atoms with Crippen molar-refractivity contribution in [2.24, 2.45) is 0 Å². The van der Waals surface area contributed by atoms with Crippen LogP contribution in [0.4, 0.5) is 0 Å². The van der Waals surface area contributed by atoms with Crippen LogP contribution in [-0.4, -0.2) is 47.4 Å². The van der Waals surface area contributed by atoms with Gasteiger partial charge in [-0.05, 0) is 32.1 Å². The zero-order chi connectivity index (χ0) is 64.2. The lowest BCUT2D eigenvalue weighted by Crippen LogP contribution is -2.45. The molecule has 530 valence electrons. The van der Waals surface area contributed by atoms with Gasteiger partial charge in [-0.1, -0.05) is 450 Å². The lowest BCUT2D eigenvalue weighted by molar-refractivity contribution is -0.143. The molecule has 2 atom stereocenters. The van der Waals surface area contributed by atoms with E-state index >= 15 is 0 Å². The quantitative estimate of drug-likeness (QED) is 0.0320. The van der Waals surface area contributed by atoms with Gasteiger partial charge in [-0.3, -0.25) is 9.59 Å². The highest BCUT2D eigenvalue weighted by atomic mass is 16.5. The summed E-state index contributed by atoms with van der Waals surface area (Å²) in [6, 6.07) is -0.623. The van der Waals surface area contributed by atoms with E-state index in [1.165, 1.54) is 417 Å². The van der Waals surface area contributed by atoms with E-state index in [0.717, 1.165) is 38.5 Å². The fourth-order valence-corrected chi connectivity index (χ4v) is 13.5. The van der Waals surface area contributed by atoms with E-state index in [-0.39, 0.29) is 18.5 Å². The van der Waals surface area contributed by atoms with E-state index in [0.29, 0.717) is 19.4 Å². The highest BCUT2D eigenvalue weighted by molar-refractivity contribution is 5.76. The molecule has 0 radical (unpaired) electrons. The van der Waals surface area contributed by atoms with E-state index in [1.807, 2.05) is 6.08 Å². The van der Waals surface area contributed by atoms with E-state index in [4.69, 9.17) is 4.74 Å². The van der Waals surface area contributed by atoms with Gasteiger partial charge in [-0.15, -0.1) is 0 Å². The molecule has 0 aliphatic heterocycles. The van der Waals surface area contributed by atoms with Crippen LogP contribution in [0.1, 0.15) is 483 Å². The first-order valence-electron chi connectivity index (χ1n) is 41.5. The summed E-state index contributed by atoms with van der Waals surface area (Å²) in [7, 11) is 0. The molecule has 0 aliphatic carbocycles. The van der Waals surface area contributed by atoms with Crippen molar-refractivity contribution in [3.8, 4) is 0 Å². The van der Waals surface area contributed by atoms with E-state index < -0.39 is 12.1 Å². The summed E-state index contributed by atoms with van der Waals surface area (Å²) >= 11 is 0. The lowest BCUT2D eigenvalue weighted by Gasteiger charge is -2.20. The van der Waals surface area contributed by atoms with Crippen LogP contribution < -0.4 is 5.32 Å². The van der Waals surface area contributed by atoms with Crippen molar-refractivity contribution >= 4 is 11.9 Å². The molecule has 0 spiro atoms. The topological polar surface area (TPSA) is 95.9 Å². The maximum Gasteiger partial charge on any atom is 0.305 e. The second kappa shape index (κ2) is 79.0. The Morgan fingerprint density at radius 3 is 0.764 bits per heavy atom. The second-order valence-electron chi connectivity index (χ2n) is 28.8. The molecule has 89 heavy (non-hydrogen) atoms. The van der Waals surface area contributed by atoms with Crippen molar-refractivity contribution in [1.29, 1.82) is 0 Å². The van der Waals surface area contributed by atoms with Crippen LogP contribution in [-0.2, 0) is 14.3 Å². The zero-order valence-electron chi connectivity index (χ0n) is 61.0. The number of esters is 1. The van der Waals surface area contributed by atoms with Gasteiger partial charge < -0.3 is 20.3 Å². The predicted octanol–water partition coefficient (Wildman–Crippen LogP) is 27.4. The van der Waals surface area contributed by atoms with Crippen molar-refractivity contribution in [3.63, 3.8) is 0 Å². The van der Waals surface area contributed by atoms with Crippen LogP contribution >= 0.6 is 0 Å². The molecule has 0 aromatic rings. The van der Waals surface area contributed by atoms with Gasteiger partial charge in [-0.25, -0.2) is 0 Å². The molecule has 0 saturated heterocycles. The molecule has 0 rings (SSSR count). The first-order chi connectivity index (χ1) is 44.0. The van der Waals surface area contributed by atoms with Crippen LogP contribution in [0.25, 0.3) is 0 Å². The number of rotatable bonds is 79. The second-order valence-corrected chi connectivity index (χ2v) is 28.8. The van der Waals surface area contributed by atoms with Gasteiger partial charge in [0.1, 0.15) is 0 Å². The third-order valence-corrected chi connectivity index (χ3v) is 19.8. The van der Waals surface area contributed by atoms with Crippen molar-refractivity contribution in [1.82, 2.24) is 5.32 Å². The molecule has 6 nitrogen and oxygen atoms in total. The normalized spacial score (nSPS) is 12.4. The Labute approximate surface area is 559 Å². The zero-order valence-corrected chi connectivity index (χ0v) is 61.0. The Balaban J connectivity index is 3.31. The monoisotopic (exact) mass is 1250 g/mol. The number of hydrogen-bond donors (Lipinski definition) is 3. The smallest absolute Gasteiger partial charge is 0.305 e. The summed E-state index contributed by atoms with van der Waals surface area (Å²) in [6.45, 7) is 4.97. The number of carbonyl (C=O) groups is 2. The maximum atomic E-state index is 12.5. The molecule has 3 N–H and O–H groups in total. The molecule has 0 bridgehead atoms. The summed E-state index contributed by atoms with van der Waals surface area (Å²) in [6.07, 6.45) is 101. The summed E-state index contributed by atoms with van der Waals surface area (Å²) < 4.78 is 5.50. The number of aliphatic hydroxyl groups is 2. The van der Waals surface area contributed by atoms with Crippen LogP contribution in [0.2, 0.25) is 0 Å². The Kier molecular flexibility index (Phi) is 77.8. The van der Waals surface area contributed by atoms with E-state index in [9.17, 15) is 19.8 Å². The highest BCUT2D eigenvalue weighted by Crippen LogP contribution is 2.21. The van der Waals surface area contributed by atoms with Gasteiger partial charge in [0.05, 0.1) is 25.4 Å². The molecule has 2 unspecified atom stereocenters. The van der Waals surface area contributed by atoms with Crippen LogP contribution in [0.5, 0.6) is 0 Å². The van der Waals surface area contributed by atoms with Gasteiger partial charge in [0.2, 0.25) is 5.91 Å². The maximum absolute atomic E-state index is 12.5. The molecule has 0 aromatic heterocycles. The van der Waals surface area contributed by atoms with Crippen LogP contribution in [0, 0.1) is 0 Å². The Morgan fingerprint density at radius 2 is 0.517 bits per heavy atom. The number of aliphatic hydroxyl groups excluding tert-OH is 2. The average Bonchev–Trinajstić information content (AvgIpc) is 3.67. The minimum Gasteiger partial charge on any atom is -0.466 e. The number of hydrogen-bond acceptors (Lipinski definition) is 5. The van der Waals surface area contributed by atoms with Crippen molar-refractivity contribution in [2.45, 2.75) is 495 Å². The summed E-state index contributed by atoms with van der Waals surface area (Å²) in [5, 5.41) is 23.3. The van der Waals surface area contributed by atoms with Crippen LogP contribution in [0.3, 0.4) is 0 Å². The lowest BCUT2D eigenvalue weighted by atomic mass is 10.0. The van der Waals surface area contributed by atoms with Gasteiger partial charge in [0.15, 0.2) is 0 Å².